The highest BCUT2D eigenvalue weighted by molar-refractivity contribution is 5.94. The van der Waals surface area contributed by atoms with Gasteiger partial charge in [-0.3, -0.25) is 4.79 Å². The van der Waals surface area contributed by atoms with E-state index in [0.29, 0.717) is 17.0 Å². The van der Waals surface area contributed by atoms with Crippen LogP contribution in [0.1, 0.15) is 33.8 Å². The van der Waals surface area contributed by atoms with Crippen molar-refractivity contribution < 1.29 is 4.79 Å². The Labute approximate surface area is 124 Å². The maximum absolute atomic E-state index is 12.5. The van der Waals surface area contributed by atoms with E-state index < -0.39 is 0 Å². The molecule has 1 aliphatic rings. The zero-order valence-electron chi connectivity index (χ0n) is 11.7. The summed E-state index contributed by atoms with van der Waals surface area (Å²) in [4.78, 5) is 14.4. The number of hydrogen-bond acceptors (Lipinski definition) is 2. The minimum absolute atomic E-state index is 0.0190. The Bertz CT molecular complexity index is 688. The van der Waals surface area contributed by atoms with Gasteiger partial charge in [-0.05, 0) is 30.2 Å². The van der Waals surface area contributed by atoms with E-state index in [1.165, 1.54) is 5.56 Å². The molecule has 21 heavy (non-hydrogen) atoms. The second kappa shape index (κ2) is 5.80. The number of carbonyl (C=O) groups is 1. The summed E-state index contributed by atoms with van der Waals surface area (Å²) in [5, 5.41) is 8.92. The van der Waals surface area contributed by atoms with E-state index in [-0.39, 0.29) is 5.91 Å². The van der Waals surface area contributed by atoms with Crippen molar-refractivity contribution in [2.24, 2.45) is 0 Å². The first-order valence-corrected chi connectivity index (χ1v) is 7.12. The van der Waals surface area contributed by atoms with Gasteiger partial charge in [-0.1, -0.05) is 36.4 Å². The van der Waals surface area contributed by atoms with Gasteiger partial charge in [0.25, 0.3) is 5.91 Å². The van der Waals surface area contributed by atoms with E-state index in [2.05, 4.69) is 18.2 Å². The molecule has 1 atom stereocenters. The topological polar surface area (TPSA) is 44.1 Å². The maximum Gasteiger partial charge on any atom is 0.253 e. The standard InChI is InChI=1S/C18H16N2O/c19-12-14-5-4-8-16(11-14)18(21)20-10-9-17(13-20)15-6-2-1-3-7-15/h1-8,11,17H,9-10,13H2/t17-/m1/s1. The number of benzene rings is 2. The van der Waals surface area contributed by atoms with Crippen LogP contribution in [-0.2, 0) is 0 Å². The van der Waals surface area contributed by atoms with Crippen molar-refractivity contribution in [1.29, 1.82) is 5.26 Å². The highest BCUT2D eigenvalue weighted by Gasteiger charge is 2.27. The van der Waals surface area contributed by atoms with Gasteiger partial charge >= 0.3 is 0 Å². The molecule has 1 fully saturated rings. The van der Waals surface area contributed by atoms with Crippen LogP contribution >= 0.6 is 0 Å². The highest BCUT2D eigenvalue weighted by Crippen LogP contribution is 2.27. The lowest BCUT2D eigenvalue weighted by Crippen LogP contribution is -2.28. The van der Waals surface area contributed by atoms with E-state index in [9.17, 15) is 4.79 Å². The Balaban J connectivity index is 1.74. The molecule has 0 aliphatic carbocycles. The van der Waals surface area contributed by atoms with Crippen LogP contribution in [0.4, 0.5) is 0 Å². The van der Waals surface area contributed by atoms with Gasteiger partial charge in [0, 0.05) is 24.6 Å². The minimum Gasteiger partial charge on any atom is -0.338 e. The van der Waals surface area contributed by atoms with E-state index in [1.54, 1.807) is 24.3 Å². The molecular formula is C18H16N2O. The fourth-order valence-corrected chi connectivity index (χ4v) is 2.85. The Morgan fingerprint density at radius 1 is 1.14 bits per heavy atom. The van der Waals surface area contributed by atoms with Gasteiger partial charge < -0.3 is 4.90 Å². The SMILES string of the molecule is N#Cc1cccc(C(=O)N2CC[C@@H](c3ccccc3)C2)c1. The molecule has 3 heteroatoms. The van der Waals surface area contributed by atoms with Crippen molar-refractivity contribution in [3.63, 3.8) is 0 Å². The van der Waals surface area contributed by atoms with Crippen LogP contribution in [0.2, 0.25) is 0 Å². The Kier molecular flexibility index (Phi) is 3.70. The van der Waals surface area contributed by atoms with E-state index in [0.717, 1.165) is 19.5 Å². The molecular weight excluding hydrogens is 260 g/mol. The molecule has 2 aromatic rings. The summed E-state index contributed by atoms with van der Waals surface area (Å²) < 4.78 is 0. The van der Waals surface area contributed by atoms with Crippen LogP contribution in [0.3, 0.4) is 0 Å². The van der Waals surface area contributed by atoms with E-state index >= 15 is 0 Å². The quantitative estimate of drug-likeness (QED) is 0.845. The smallest absolute Gasteiger partial charge is 0.253 e. The van der Waals surface area contributed by atoms with Crippen LogP contribution in [0.25, 0.3) is 0 Å². The first-order chi connectivity index (χ1) is 10.3. The molecule has 104 valence electrons. The molecule has 0 spiro atoms. The molecule has 0 radical (unpaired) electrons. The summed E-state index contributed by atoms with van der Waals surface area (Å²) in [6, 6.07) is 19.3. The molecule has 1 heterocycles. The fraction of sp³-hybridized carbons (Fsp3) is 0.222. The van der Waals surface area contributed by atoms with Crippen molar-refractivity contribution in [2.45, 2.75) is 12.3 Å². The van der Waals surface area contributed by atoms with Crippen molar-refractivity contribution >= 4 is 5.91 Å². The lowest BCUT2D eigenvalue weighted by molar-refractivity contribution is 0.0791. The lowest BCUT2D eigenvalue weighted by Gasteiger charge is -2.17. The summed E-state index contributed by atoms with van der Waals surface area (Å²) in [6.45, 7) is 1.52. The molecule has 1 amide bonds. The Morgan fingerprint density at radius 2 is 1.95 bits per heavy atom. The van der Waals surface area contributed by atoms with Crippen LogP contribution < -0.4 is 0 Å². The summed E-state index contributed by atoms with van der Waals surface area (Å²) in [7, 11) is 0. The van der Waals surface area contributed by atoms with Crippen LogP contribution in [0, 0.1) is 11.3 Å². The second-order valence-electron chi connectivity index (χ2n) is 5.34. The summed E-state index contributed by atoms with van der Waals surface area (Å²) in [6.07, 6.45) is 0.994. The van der Waals surface area contributed by atoms with Gasteiger partial charge in [0.05, 0.1) is 11.6 Å². The van der Waals surface area contributed by atoms with E-state index in [1.807, 2.05) is 23.1 Å². The number of hydrogen-bond donors (Lipinski definition) is 0. The zero-order chi connectivity index (χ0) is 14.7. The van der Waals surface area contributed by atoms with Crippen LogP contribution in [0.5, 0.6) is 0 Å². The van der Waals surface area contributed by atoms with Crippen molar-refractivity contribution in [2.75, 3.05) is 13.1 Å². The number of nitriles is 1. The van der Waals surface area contributed by atoms with Crippen LogP contribution in [0.15, 0.2) is 54.6 Å². The normalized spacial score (nSPS) is 17.5. The summed E-state index contributed by atoms with van der Waals surface area (Å²) >= 11 is 0. The van der Waals surface area contributed by atoms with Gasteiger partial charge in [-0.25, -0.2) is 0 Å². The Morgan fingerprint density at radius 3 is 2.71 bits per heavy atom. The average molecular weight is 276 g/mol. The molecule has 0 unspecified atom stereocenters. The third kappa shape index (κ3) is 2.80. The van der Waals surface area contributed by atoms with Crippen molar-refractivity contribution in [3.05, 3.63) is 71.3 Å². The fourth-order valence-electron chi connectivity index (χ4n) is 2.85. The Hall–Kier alpha value is -2.60. The molecule has 0 bridgehead atoms. The maximum atomic E-state index is 12.5. The third-order valence-electron chi connectivity index (χ3n) is 3.99. The second-order valence-corrected chi connectivity index (χ2v) is 5.34. The monoisotopic (exact) mass is 276 g/mol. The summed E-state index contributed by atoms with van der Waals surface area (Å²) in [5.41, 5.74) is 2.42. The number of amides is 1. The molecule has 1 saturated heterocycles. The van der Waals surface area contributed by atoms with Gasteiger partial charge in [-0.2, -0.15) is 5.26 Å². The number of carbonyl (C=O) groups excluding carboxylic acids is 1. The van der Waals surface area contributed by atoms with Crippen LogP contribution in [-0.4, -0.2) is 23.9 Å². The molecule has 2 aromatic carbocycles. The van der Waals surface area contributed by atoms with Gasteiger partial charge in [-0.15, -0.1) is 0 Å². The minimum atomic E-state index is 0.0190. The highest BCUT2D eigenvalue weighted by atomic mass is 16.2. The molecule has 3 rings (SSSR count). The number of rotatable bonds is 2. The molecule has 3 nitrogen and oxygen atoms in total. The van der Waals surface area contributed by atoms with Gasteiger partial charge in [0.2, 0.25) is 0 Å². The lowest BCUT2D eigenvalue weighted by atomic mass is 9.99. The molecule has 0 saturated carbocycles. The first kappa shape index (κ1) is 13.4. The molecule has 0 N–H and O–H groups in total. The largest absolute Gasteiger partial charge is 0.338 e. The van der Waals surface area contributed by atoms with Crippen molar-refractivity contribution in [3.8, 4) is 6.07 Å². The zero-order valence-corrected chi connectivity index (χ0v) is 11.7. The predicted octanol–water partition coefficient (Wildman–Crippen LogP) is 3.19. The molecule has 0 aromatic heterocycles. The summed E-state index contributed by atoms with van der Waals surface area (Å²) in [5.74, 6) is 0.430. The third-order valence-corrected chi connectivity index (χ3v) is 3.99. The predicted molar refractivity (Wildman–Crippen MR) is 80.9 cm³/mol. The number of likely N-dealkylation sites (tertiary alicyclic amines) is 1. The van der Waals surface area contributed by atoms with E-state index in [4.69, 9.17) is 5.26 Å². The average Bonchev–Trinajstić information content (AvgIpc) is 3.05. The van der Waals surface area contributed by atoms with Gasteiger partial charge in [0.15, 0.2) is 0 Å². The molecule has 1 aliphatic heterocycles. The van der Waals surface area contributed by atoms with Gasteiger partial charge in [0.1, 0.15) is 0 Å². The first-order valence-electron chi connectivity index (χ1n) is 7.12. The number of nitrogens with zero attached hydrogens (tertiary/aromatic N) is 2. The van der Waals surface area contributed by atoms with Crippen molar-refractivity contribution in [1.82, 2.24) is 4.90 Å².